The number of nitrogens with zero attached hydrogens (tertiary/aromatic N) is 3. The molecule has 0 bridgehead atoms. The zero-order valence-corrected chi connectivity index (χ0v) is 15.8. The van der Waals surface area contributed by atoms with Crippen LogP contribution in [-0.2, 0) is 9.53 Å². The van der Waals surface area contributed by atoms with Crippen LogP contribution >= 0.6 is 23.4 Å². The molecule has 6 nitrogen and oxygen atoms in total. The lowest BCUT2D eigenvalue weighted by molar-refractivity contribution is -0.139. The first-order valence-electron chi connectivity index (χ1n) is 8.04. The van der Waals surface area contributed by atoms with Crippen molar-refractivity contribution >= 4 is 35.3 Å². The number of carbonyl (C=O) groups excluding carboxylic acids is 1. The largest absolute Gasteiger partial charge is 0.463 e. The topological polar surface area (TPSA) is 69.0 Å². The summed E-state index contributed by atoms with van der Waals surface area (Å²) in [5.41, 5.74) is 2.13. The highest BCUT2D eigenvalue weighted by Gasteiger charge is 2.35. The molecule has 2 heterocycles. The van der Waals surface area contributed by atoms with Gasteiger partial charge in [-0.25, -0.2) is 9.48 Å². The van der Waals surface area contributed by atoms with E-state index in [0.717, 1.165) is 11.3 Å². The van der Waals surface area contributed by atoms with Gasteiger partial charge in [0.05, 0.1) is 12.2 Å². The van der Waals surface area contributed by atoms with Gasteiger partial charge in [-0.05, 0) is 37.3 Å². The van der Waals surface area contributed by atoms with Crippen LogP contribution in [0.15, 0.2) is 40.7 Å². The molecule has 2 aromatic rings. The minimum absolute atomic E-state index is 0.310. The Kier molecular flexibility index (Phi) is 5.34. The fourth-order valence-electron chi connectivity index (χ4n) is 2.75. The number of nitrogens with one attached hydrogen (secondary N) is 1. The first-order chi connectivity index (χ1) is 12.0. The van der Waals surface area contributed by atoms with Crippen molar-refractivity contribution < 1.29 is 9.53 Å². The van der Waals surface area contributed by atoms with Crippen LogP contribution in [-0.4, -0.2) is 33.1 Å². The standard InChI is InChI=1S/C17H19ClN4O2S/c1-4-24-15(23)13-10(3)19-16-20-17(25-5-2)21-22(16)14(13)11-6-8-12(18)9-7-11/h6-9,14H,4-5H2,1-3H3,(H,19,20,21)/t14-/m1/s1. The lowest BCUT2D eigenvalue weighted by atomic mass is 9.96. The molecule has 0 amide bonds. The quantitative estimate of drug-likeness (QED) is 0.628. The average Bonchev–Trinajstić information content (AvgIpc) is 2.97. The number of anilines is 1. The number of hydrogen-bond donors (Lipinski definition) is 1. The highest BCUT2D eigenvalue weighted by atomic mass is 35.5. The lowest BCUT2D eigenvalue weighted by Crippen LogP contribution is -2.29. The molecule has 1 N–H and O–H groups in total. The predicted molar refractivity (Wildman–Crippen MR) is 99.0 cm³/mol. The van der Waals surface area contributed by atoms with E-state index in [1.165, 1.54) is 0 Å². The molecule has 0 saturated heterocycles. The molecule has 8 heteroatoms. The molecule has 0 spiro atoms. The summed E-state index contributed by atoms with van der Waals surface area (Å²) in [6.07, 6.45) is 0. The van der Waals surface area contributed by atoms with Crippen LogP contribution < -0.4 is 5.32 Å². The van der Waals surface area contributed by atoms with E-state index in [2.05, 4.69) is 15.4 Å². The van der Waals surface area contributed by atoms with E-state index in [-0.39, 0.29) is 5.97 Å². The zero-order valence-electron chi connectivity index (χ0n) is 14.2. The summed E-state index contributed by atoms with van der Waals surface area (Å²) in [5, 5.41) is 9.05. The van der Waals surface area contributed by atoms with E-state index in [4.69, 9.17) is 16.3 Å². The molecule has 1 aliphatic heterocycles. The van der Waals surface area contributed by atoms with Crippen LogP contribution in [0.4, 0.5) is 5.95 Å². The predicted octanol–water partition coefficient (Wildman–Crippen LogP) is 3.90. The van der Waals surface area contributed by atoms with Crippen molar-refractivity contribution in [3.8, 4) is 0 Å². The molecule has 0 unspecified atom stereocenters. The summed E-state index contributed by atoms with van der Waals surface area (Å²) in [7, 11) is 0. The van der Waals surface area contributed by atoms with Crippen molar-refractivity contribution in [2.75, 3.05) is 17.7 Å². The Labute approximate surface area is 155 Å². The van der Waals surface area contributed by atoms with Crippen molar-refractivity contribution in [3.05, 3.63) is 46.1 Å². The number of ether oxygens (including phenoxy) is 1. The maximum Gasteiger partial charge on any atom is 0.338 e. The van der Waals surface area contributed by atoms with Crippen molar-refractivity contribution in [2.45, 2.75) is 32.0 Å². The Bertz CT molecular complexity index is 817. The van der Waals surface area contributed by atoms with E-state index in [1.54, 1.807) is 35.5 Å². The summed E-state index contributed by atoms with van der Waals surface area (Å²) >= 11 is 7.57. The number of thioether (sulfide) groups is 1. The van der Waals surface area contributed by atoms with Gasteiger partial charge in [0.15, 0.2) is 0 Å². The first-order valence-corrected chi connectivity index (χ1v) is 9.41. The van der Waals surface area contributed by atoms with Gasteiger partial charge in [0.2, 0.25) is 11.1 Å². The molecule has 0 aliphatic carbocycles. The number of allylic oxidation sites excluding steroid dienone is 1. The SMILES string of the molecule is CCOC(=O)C1=C(C)Nc2nc(SCC)nn2[C@@H]1c1ccc(Cl)cc1. The van der Waals surface area contributed by atoms with Gasteiger partial charge in [-0.15, -0.1) is 5.10 Å². The third-order valence-electron chi connectivity index (χ3n) is 3.79. The molecule has 1 aliphatic rings. The van der Waals surface area contributed by atoms with E-state index >= 15 is 0 Å². The maximum absolute atomic E-state index is 12.6. The van der Waals surface area contributed by atoms with Crippen LogP contribution in [0.25, 0.3) is 0 Å². The highest BCUT2D eigenvalue weighted by molar-refractivity contribution is 7.99. The zero-order chi connectivity index (χ0) is 18.0. The number of carbonyl (C=O) groups is 1. The number of benzene rings is 1. The number of hydrogen-bond acceptors (Lipinski definition) is 6. The molecule has 0 fully saturated rings. The summed E-state index contributed by atoms with van der Waals surface area (Å²) in [5.74, 6) is 1.12. The fraction of sp³-hybridized carbons (Fsp3) is 0.353. The summed E-state index contributed by atoms with van der Waals surface area (Å²) in [4.78, 5) is 17.1. The Balaban J connectivity index is 2.12. The Morgan fingerprint density at radius 2 is 2.08 bits per heavy atom. The second-order valence-corrected chi connectivity index (χ2v) is 7.10. The van der Waals surface area contributed by atoms with E-state index in [0.29, 0.717) is 34.0 Å². The summed E-state index contributed by atoms with van der Waals surface area (Å²) in [6, 6.07) is 6.97. The molecule has 25 heavy (non-hydrogen) atoms. The molecular weight excluding hydrogens is 360 g/mol. The first kappa shape index (κ1) is 17.8. The second kappa shape index (κ2) is 7.49. The van der Waals surface area contributed by atoms with Gasteiger partial charge in [-0.2, -0.15) is 4.98 Å². The van der Waals surface area contributed by atoms with Gasteiger partial charge >= 0.3 is 5.97 Å². The van der Waals surface area contributed by atoms with Crippen LogP contribution in [0.2, 0.25) is 5.02 Å². The van der Waals surface area contributed by atoms with Gasteiger partial charge in [0.1, 0.15) is 6.04 Å². The second-order valence-electron chi connectivity index (χ2n) is 5.43. The number of rotatable bonds is 5. The van der Waals surface area contributed by atoms with E-state index < -0.39 is 6.04 Å². The monoisotopic (exact) mass is 378 g/mol. The van der Waals surface area contributed by atoms with Gasteiger partial charge < -0.3 is 10.1 Å². The third kappa shape index (κ3) is 3.52. The van der Waals surface area contributed by atoms with Crippen LogP contribution in [0.5, 0.6) is 0 Å². The van der Waals surface area contributed by atoms with Crippen molar-refractivity contribution in [1.82, 2.24) is 14.8 Å². The molecule has 1 aromatic heterocycles. The summed E-state index contributed by atoms with van der Waals surface area (Å²) < 4.78 is 7.00. The van der Waals surface area contributed by atoms with E-state index in [1.807, 2.05) is 26.0 Å². The number of halogens is 1. The third-order valence-corrected chi connectivity index (χ3v) is 4.76. The van der Waals surface area contributed by atoms with Gasteiger partial charge in [0, 0.05) is 10.7 Å². The van der Waals surface area contributed by atoms with Crippen molar-refractivity contribution in [1.29, 1.82) is 0 Å². The van der Waals surface area contributed by atoms with Crippen LogP contribution in [0.3, 0.4) is 0 Å². The Morgan fingerprint density at radius 1 is 1.36 bits per heavy atom. The van der Waals surface area contributed by atoms with Crippen LogP contribution in [0, 0.1) is 0 Å². The minimum Gasteiger partial charge on any atom is -0.463 e. The maximum atomic E-state index is 12.6. The van der Waals surface area contributed by atoms with Gasteiger partial charge in [-0.3, -0.25) is 0 Å². The van der Waals surface area contributed by atoms with Gasteiger partial charge in [0.25, 0.3) is 0 Å². The minimum atomic E-state index is -0.411. The number of esters is 1. The van der Waals surface area contributed by atoms with Crippen LogP contribution in [0.1, 0.15) is 32.4 Å². The molecule has 1 aromatic carbocycles. The van der Waals surface area contributed by atoms with Crippen molar-refractivity contribution in [3.63, 3.8) is 0 Å². The smallest absolute Gasteiger partial charge is 0.338 e. The van der Waals surface area contributed by atoms with Gasteiger partial charge in [-0.1, -0.05) is 42.4 Å². The molecule has 0 radical (unpaired) electrons. The highest BCUT2D eigenvalue weighted by Crippen LogP contribution is 2.36. The average molecular weight is 379 g/mol. The molecule has 3 rings (SSSR count). The normalized spacial score (nSPS) is 16.4. The molecule has 0 saturated carbocycles. The Hall–Kier alpha value is -1.99. The number of fused-ring (bicyclic) bond motifs is 1. The summed E-state index contributed by atoms with van der Waals surface area (Å²) in [6.45, 7) is 5.99. The number of aromatic nitrogens is 3. The fourth-order valence-corrected chi connectivity index (χ4v) is 3.43. The molecule has 1 atom stereocenters. The molecular formula is C17H19ClN4O2S. The molecule has 132 valence electrons. The Morgan fingerprint density at radius 3 is 2.72 bits per heavy atom. The van der Waals surface area contributed by atoms with Crippen molar-refractivity contribution in [2.24, 2.45) is 0 Å². The lowest BCUT2D eigenvalue weighted by Gasteiger charge is -2.28. The van der Waals surface area contributed by atoms with E-state index in [9.17, 15) is 4.79 Å².